The standard InChI is InChI=1S/C32H30N4O8/c1-42-21-12-8-19(9-13-21)24-25(20-10-14-22(43-2)15-11-20)34-29-26(33-24)30(40)35(16-18-6-4-3-5-7-18)32(41)36(29)31-28(39)27(38)23(17-37)44-31/h3-15,23,27-28,31,37-39H,16-17H2,1-2H3/t23-,27-,28-,31-/m1/s1. The van der Waals surface area contributed by atoms with Gasteiger partial charge in [-0.1, -0.05) is 30.3 Å². The Kier molecular flexibility index (Phi) is 7.97. The summed E-state index contributed by atoms with van der Waals surface area (Å²) >= 11 is 0. The predicted octanol–water partition coefficient (Wildman–Crippen LogP) is 1.96. The molecule has 44 heavy (non-hydrogen) atoms. The van der Waals surface area contributed by atoms with Gasteiger partial charge in [0, 0.05) is 11.1 Å². The van der Waals surface area contributed by atoms with Crippen molar-refractivity contribution in [3.05, 3.63) is 105 Å². The van der Waals surface area contributed by atoms with Gasteiger partial charge in [0.2, 0.25) is 0 Å². The molecule has 0 radical (unpaired) electrons. The maximum atomic E-state index is 14.1. The Bertz CT molecular complexity index is 1910. The lowest BCUT2D eigenvalue weighted by molar-refractivity contribution is -0.0535. The molecule has 12 heteroatoms. The Morgan fingerprint density at radius 3 is 1.89 bits per heavy atom. The lowest BCUT2D eigenvalue weighted by Gasteiger charge is -2.22. The first-order chi connectivity index (χ1) is 21.3. The van der Waals surface area contributed by atoms with Gasteiger partial charge in [-0.05, 0) is 54.1 Å². The Labute approximate surface area is 251 Å². The van der Waals surface area contributed by atoms with Crippen LogP contribution in [0.2, 0.25) is 0 Å². The van der Waals surface area contributed by atoms with Crippen molar-refractivity contribution in [3.8, 4) is 34.0 Å². The van der Waals surface area contributed by atoms with Crippen LogP contribution in [0.5, 0.6) is 11.5 Å². The van der Waals surface area contributed by atoms with E-state index in [1.165, 1.54) is 0 Å². The average molecular weight is 599 g/mol. The van der Waals surface area contributed by atoms with Crippen LogP contribution in [0.1, 0.15) is 11.8 Å². The fraction of sp³-hybridized carbons (Fsp3) is 0.250. The molecule has 0 spiro atoms. The minimum Gasteiger partial charge on any atom is -0.497 e. The third-order valence-electron chi connectivity index (χ3n) is 7.67. The number of ether oxygens (including phenoxy) is 3. The van der Waals surface area contributed by atoms with Gasteiger partial charge >= 0.3 is 5.69 Å². The van der Waals surface area contributed by atoms with E-state index in [0.29, 0.717) is 39.6 Å². The second kappa shape index (κ2) is 12.0. The predicted molar refractivity (Wildman–Crippen MR) is 161 cm³/mol. The molecule has 1 saturated heterocycles. The van der Waals surface area contributed by atoms with Gasteiger partial charge in [-0.3, -0.25) is 9.36 Å². The summed E-state index contributed by atoms with van der Waals surface area (Å²) < 4.78 is 18.4. The highest BCUT2D eigenvalue weighted by Crippen LogP contribution is 2.34. The van der Waals surface area contributed by atoms with Crippen molar-refractivity contribution in [2.45, 2.75) is 31.1 Å². The third-order valence-corrected chi connectivity index (χ3v) is 7.67. The minimum absolute atomic E-state index is 0.0942. The highest BCUT2D eigenvalue weighted by Gasteiger charge is 2.45. The average Bonchev–Trinajstić information content (AvgIpc) is 3.35. The monoisotopic (exact) mass is 598 g/mol. The Balaban J connectivity index is 1.67. The summed E-state index contributed by atoms with van der Waals surface area (Å²) in [6, 6.07) is 23.0. The van der Waals surface area contributed by atoms with Crippen molar-refractivity contribution in [1.29, 1.82) is 0 Å². The molecule has 0 amide bonds. The number of benzene rings is 3. The van der Waals surface area contributed by atoms with Crippen LogP contribution < -0.4 is 20.7 Å². The zero-order valence-electron chi connectivity index (χ0n) is 23.9. The van der Waals surface area contributed by atoms with E-state index in [1.807, 2.05) is 6.07 Å². The van der Waals surface area contributed by atoms with Crippen LogP contribution >= 0.6 is 0 Å². The molecule has 0 saturated carbocycles. The van der Waals surface area contributed by atoms with Crippen molar-refractivity contribution < 1.29 is 29.5 Å². The molecule has 3 heterocycles. The molecular weight excluding hydrogens is 568 g/mol. The van der Waals surface area contributed by atoms with Crippen LogP contribution in [0.3, 0.4) is 0 Å². The molecular formula is C32H30N4O8. The number of fused-ring (bicyclic) bond motifs is 1. The van der Waals surface area contributed by atoms with Gasteiger partial charge in [0.25, 0.3) is 5.56 Å². The number of methoxy groups -OCH3 is 2. The van der Waals surface area contributed by atoms with Crippen LogP contribution in [-0.4, -0.2) is 73.6 Å². The van der Waals surface area contributed by atoms with Crippen molar-refractivity contribution in [2.24, 2.45) is 0 Å². The Morgan fingerprint density at radius 1 is 0.795 bits per heavy atom. The number of hydrogen-bond acceptors (Lipinski definition) is 10. The van der Waals surface area contributed by atoms with Crippen LogP contribution in [0.15, 0.2) is 88.5 Å². The highest BCUT2D eigenvalue weighted by atomic mass is 16.6. The number of nitrogens with zero attached hydrogens (tertiary/aromatic N) is 4. The molecule has 0 aliphatic carbocycles. The van der Waals surface area contributed by atoms with E-state index in [4.69, 9.17) is 24.2 Å². The maximum absolute atomic E-state index is 14.1. The van der Waals surface area contributed by atoms with Gasteiger partial charge in [-0.2, -0.15) is 0 Å². The molecule has 12 nitrogen and oxygen atoms in total. The van der Waals surface area contributed by atoms with E-state index in [0.717, 1.165) is 9.13 Å². The van der Waals surface area contributed by atoms with Gasteiger partial charge in [-0.25, -0.2) is 19.3 Å². The van der Waals surface area contributed by atoms with Gasteiger partial charge < -0.3 is 29.5 Å². The van der Waals surface area contributed by atoms with Crippen molar-refractivity contribution in [1.82, 2.24) is 19.1 Å². The summed E-state index contributed by atoms with van der Waals surface area (Å²) in [5.41, 5.74) is 0.796. The third kappa shape index (κ3) is 5.13. The van der Waals surface area contributed by atoms with Gasteiger partial charge in [0.15, 0.2) is 17.4 Å². The van der Waals surface area contributed by atoms with E-state index >= 15 is 0 Å². The smallest absolute Gasteiger partial charge is 0.335 e. The fourth-order valence-corrected chi connectivity index (χ4v) is 5.30. The molecule has 6 rings (SSSR count). The van der Waals surface area contributed by atoms with Crippen molar-refractivity contribution >= 4 is 11.2 Å². The molecule has 0 bridgehead atoms. The quantitative estimate of drug-likeness (QED) is 0.241. The number of aliphatic hydroxyl groups excluding tert-OH is 3. The van der Waals surface area contributed by atoms with Gasteiger partial charge in [0.1, 0.15) is 29.8 Å². The second-order valence-electron chi connectivity index (χ2n) is 10.3. The summed E-state index contributed by atoms with van der Waals surface area (Å²) in [5.74, 6) is 1.23. The van der Waals surface area contributed by atoms with E-state index in [2.05, 4.69) is 0 Å². The minimum atomic E-state index is -1.61. The van der Waals surface area contributed by atoms with Crippen molar-refractivity contribution in [2.75, 3.05) is 20.8 Å². The van der Waals surface area contributed by atoms with Crippen LogP contribution in [0.4, 0.5) is 0 Å². The molecule has 5 aromatic rings. The SMILES string of the molecule is COc1ccc(-c2nc3c(=O)n(Cc4ccccc4)c(=O)n([C@@H]4O[C@H](CO)[C@@H](O)[C@H]4O)c3nc2-c2ccc(OC)cc2)cc1. The van der Waals surface area contributed by atoms with E-state index in [9.17, 15) is 24.9 Å². The number of aliphatic hydroxyl groups is 3. The van der Waals surface area contributed by atoms with Gasteiger partial charge in [0.05, 0.1) is 38.8 Å². The molecule has 3 N–H and O–H groups in total. The summed E-state index contributed by atoms with van der Waals surface area (Å²) in [7, 11) is 3.10. The lowest BCUT2D eigenvalue weighted by Crippen LogP contribution is -2.44. The zero-order valence-corrected chi connectivity index (χ0v) is 23.9. The van der Waals surface area contributed by atoms with Crippen LogP contribution in [0, 0.1) is 0 Å². The molecule has 1 aliphatic heterocycles. The van der Waals surface area contributed by atoms with Crippen LogP contribution in [-0.2, 0) is 11.3 Å². The maximum Gasteiger partial charge on any atom is 0.335 e. The Hall–Kier alpha value is -4.88. The van der Waals surface area contributed by atoms with Gasteiger partial charge in [-0.15, -0.1) is 0 Å². The normalized spacial score (nSPS) is 19.8. The van der Waals surface area contributed by atoms with E-state index < -0.39 is 42.4 Å². The van der Waals surface area contributed by atoms with Crippen molar-refractivity contribution in [3.63, 3.8) is 0 Å². The Morgan fingerprint density at radius 2 is 1.36 bits per heavy atom. The lowest BCUT2D eigenvalue weighted by atomic mass is 10.0. The molecule has 0 unspecified atom stereocenters. The molecule has 3 aromatic carbocycles. The first-order valence-electron chi connectivity index (χ1n) is 13.9. The summed E-state index contributed by atoms with van der Waals surface area (Å²) in [4.78, 5) is 37.7. The first-order valence-corrected chi connectivity index (χ1v) is 13.9. The van der Waals surface area contributed by atoms with E-state index in [1.54, 1.807) is 87.0 Å². The molecule has 226 valence electrons. The number of rotatable bonds is 8. The highest BCUT2D eigenvalue weighted by molar-refractivity contribution is 5.84. The molecule has 4 atom stereocenters. The summed E-state index contributed by atoms with van der Waals surface area (Å²) in [5, 5.41) is 31.3. The number of aromatic nitrogens is 4. The first kappa shape index (κ1) is 29.2. The molecule has 1 fully saturated rings. The summed E-state index contributed by atoms with van der Waals surface area (Å²) in [6.45, 7) is -0.696. The van der Waals surface area contributed by atoms with E-state index in [-0.39, 0.29) is 17.7 Å². The van der Waals surface area contributed by atoms with Crippen LogP contribution in [0.25, 0.3) is 33.7 Å². The fourth-order valence-electron chi connectivity index (χ4n) is 5.30. The zero-order chi connectivity index (χ0) is 31.0. The summed E-state index contributed by atoms with van der Waals surface area (Å²) in [6.07, 6.45) is -5.74. The largest absolute Gasteiger partial charge is 0.497 e. The topological polar surface area (TPSA) is 158 Å². The molecule has 1 aliphatic rings. The number of hydrogen-bond donors (Lipinski definition) is 3. The molecule has 2 aromatic heterocycles. The second-order valence-corrected chi connectivity index (χ2v) is 10.3.